The lowest BCUT2D eigenvalue weighted by atomic mass is 9.67. The van der Waals surface area contributed by atoms with E-state index in [9.17, 15) is 0 Å². The van der Waals surface area contributed by atoms with Gasteiger partial charge in [0, 0.05) is 39.2 Å². The van der Waals surface area contributed by atoms with Crippen molar-refractivity contribution in [3.63, 3.8) is 0 Å². The minimum Gasteiger partial charge on any atom is -0.380 e. The van der Waals surface area contributed by atoms with E-state index in [4.69, 9.17) is 9.47 Å². The molecular formula is C38H39NO2. The molecule has 2 saturated heterocycles. The number of hydrogen-bond acceptors (Lipinski definition) is 2. The maximum Gasteiger partial charge on any atom is 0.0561 e. The van der Waals surface area contributed by atoms with Crippen molar-refractivity contribution in [1.29, 1.82) is 0 Å². The molecule has 3 heteroatoms. The van der Waals surface area contributed by atoms with Gasteiger partial charge in [0.05, 0.1) is 26.4 Å². The van der Waals surface area contributed by atoms with Gasteiger partial charge in [-0.3, -0.25) is 0 Å². The zero-order valence-corrected chi connectivity index (χ0v) is 24.3. The Bertz CT molecular complexity index is 1760. The van der Waals surface area contributed by atoms with Gasteiger partial charge in [0.1, 0.15) is 0 Å². The summed E-state index contributed by atoms with van der Waals surface area (Å²) in [6, 6.07) is 32.2. The van der Waals surface area contributed by atoms with Gasteiger partial charge >= 0.3 is 0 Å². The number of rotatable bonds is 7. The normalized spacial score (nSPS) is 20.3. The highest BCUT2D eigenvalue weighted by Crippen LogP contribution is 2.51. The molecule has 1 aliphatic carbocycles. The van der Waals surface area contributed by atoms with E-state index in [2.05, 4.69) is 103 Å². The number of benzene rings is 4. The molecule has 208 valence electrons. The number of para-hydroxylation sites is 1. The molecule has 0 spiro atoms. The van der Waals surface area contributed by atoms with Crippen LogP contribution in [0, 0.1) is 10.8 Å². The standard InChI is InChI=1S/C38H39NO2/c1-3-37(22-40-23-37)20-28-18-26-10-5-6-11-29(26)32-14-9-13-30(36(28)32)27-16-17-35-33(19-27)31-12-7-8-15-34(31)39(35)21-38(4-2)24-41-25-38/h5-17,19,28H,3-4,18,20-25H2,1-2H3. The molecule has 3 aliphatic rings. The molecule has 1 atom stereocenters. The molecule has 8 rings (SSSR count). The lowest BCUT2D eigenvalue weighted by Gasteiger charge is -2.44. The molecule has 5 aromatic rings. The Kier molecular flexibility index (Phi) is 5.91. The largest absolute Gasteiger partial charge is 0.380 e. The number of aromatic nitrogens is 1. The van der Waals surface area contributed by atoms with Crippen LogP contribution >= 0.6 is 0 Å². The van der Waals surface area contributed by atoms with Crippen LogP contribution < -0.4 is 0 Å². The molecule has 1 unspecified atom stereocenters. The van der Waals surface area contributed by atoms with Crippen LogP contribution in [0.5, 0.6) is 0 Å². The van der Waals surface area contributed by atoms with Gasteiger partial charge in [0.2, 0.25) is 0 Å². The van der Waals surface area contributed by atoms with E-state index in [1.165, 1.54) is 68.0 Å². The van der Waals surface area contributed by atoms with E-state index in [0.717, 1.165) is 45.8 Å². The molecule has 0 saturated carbocycles. The topological polar surface area (TPSA) is 23.4 Å². The third-order valence-electron chi connectivity index (χ3n) is 10.7. The van der Waals surface area contributed by atoms with Gasteiger partial charge in [-0.05, 0) is 83.2 Å². The van der Waals surface area contributed by atoms with Crippen molar-refractivity contribution in [3.05, 3.63) is 96.1 Å². The second-order valence-electron chi connectivity index (χ2n) is 13.1. The van der Waals surface area contributed by atoms with E-state index in [1.54, 1.807) is 0 Å². The molecule has 0 amide bonds. The molecule has 2 fully saturated rings. The maximum absolute atomic E-state index is 5.78. The molecule has 2 aliphatic heterocycles. The first kappa shape index (κ1) is 25.3. The Morgan fingerprint density at radius 1 is 0.683 bits per heavy atom. The van der Waals surface area contributed by atoms with E-state index in [1.807, 2.05) is 0 Å². The molecule has 0 N–H and O–H groups in total. The van der Waals surface area contributed by atoms with Crippen LogP contribution in [0.4, 0.5) is 0 Å². The molecule has 0 radical (unpaired) electrons. The number of fused-ring (bicyclic) bond motifs is 6. The van der Waals surface area contributed by atoms with E-state index in [0.29, 0.717) is 11.3 Å². The lowest BCUT2D eigenvalue weighted by Crippen LogP contribution is -2.45. The van der Waals surface area contributed by atoms with Crippen molar-refractivity contribution < 1.29 is 9.47 Å². The third-order valence-corrected chi connectivity index (χ3v) is 10.7. The van der Waals surface area contributed by atoms with Crippen molar-refractivity contribution in [2.45, 2.75) is 52.0 Å². The molecule has 1 aromatic heterocycles. The van der Waals surface area contributed by atoms with E-state index < -0.39 is 0 Å². The molecule has 4 aromatic carbocycles. The third kappa shape index (κ3) is 3.93. The van der Waals surface area contributed by atoms with Gasteiger partial charge in [-0.1, -0.05) is 80.6 Å². The smallest absolute Gasteiger partial charge is 0.0561 e. The second kappa shape index (κ2) is 9.58. The van der Waals surface area contributed by atoms with Crippen LogP contribution in [0.25, 0.3) is 44.1 Å². The summed E-state index contributed by atoms with van der Waals surface area (Å²) in [6.45, 7) is 9.17. The van der Waals surface area contributed by atoms with Gasteiger partial charge < -0.3 is 14.0 Å². The average molecular weight is 542 g/mol. The van der Waals surface area contributed by atoms with Gasteiger partial charge in [0.25, 0.3) is 0 Å². The quantitative estimate of drug-likeness (QED) is 0.205. The summed E-state index contributed by atoms with van der Waals surface area (Å²) in [7, 11) is 0. The highest BCUT2D eigenvalue weighted by atomic mass is 16.5. The van der Waals surface area contributed by atoms with E-state index in [-0.39, 0.29) is 5.41 Å². The molecule has 3 heterocycles. The predicted molar refractivity (Wildman–Crippen MR) is 168 cm³/mol. The summed E-state index contributed by atoms with van der Waals surface area (Å²) in [5.41, 5.74) is 11.8. The summed E-state index contributed by atoms with van der Waals surface area (Å²) >= 11 is 0. The first-order valence-corrected chi connectivity index (χ1v) is 15.5. The van der Waals surface area contributed by atoms with Crippen LogP contribution in [-0.4, -0.2) is 31.0 Å². The summed E-state index contributed by atoms with van der Waals surface area (Å²) < 4.78 is 14.0. The minimum absolute atomic E-state index is 0.243. The summed E-state index contributed by atoms with van der Waals surface area (Å²) in [4.78, 5) is 0. The van der Waals surface area contributed by atoms with Gasteiger partial charge in [-0.2, -0.15) is 0 Å². The van der Waals surface area contributed by atoms with Gasteiger partial charge in [-0.15, -0.1) is 0 Å². The molecular weight excluding hydrogens is 502 g/mol. The van der Waals surface area contributed by atoms with Crippen molar-refractivity contribution >= 4 is 21.8 Å². The van der Waals surface area contributed by atoms with Crippen LogP contribution in [0.1, 0.15) is 50.2 Å². The Hall–Kier alpha value is -3.40. The lowest BCUT2D eigenvalue weighted by molar-refractivity contribution is -0.122. The monoisotopic (exact) mass is 541 g/mol. The van der Waals surface area contributed by atoms with Crippen molar-refractivity contribution in [2.75, 3.05) is 26.4 Å². The zero-order valence-electron chi connectivity index (χ0n) is 24.3. The Balaban J connectivity index is 1.30. The Morgan fingerprint density at radius 3 is 2.12 bits per heavy atom. The maximum atomic E-state index is 5.78. The highest BCUT2D eigenvalue weighted by Gasteiger charge is 2.41. The number of ether oxygens (including phenoxy) is 2. The van der Waals surface area contributed by atoms with Crippen molar-refractivity contribution in [2.24, 2.45) is 10.8 Å². The molecule has 3 nitrogen and oxygen atoms in total. The highest BCUT2D eigenvalue weighted by molar-refractivity contribution is 6.09. The minimum atomic E-state index is 0.243. The molecule has 0 bridgehead atoms. The molecule has 41 heavy (non-hydrogen) atoms. The average Bonchev–Trinajstić information content (AvgIpc) is 3.29. The zero-order chi connectivity index (χ0) is 27.6. The SMILES string of the molecule is CCC1(CC2Cc3ccccc3-c3cccc(-c4ccc5c(c4)c4ccccc4n5CC4(CC)COC4)c32)COC1. The Morgan fingerprint density at radius 2 is 1.37 bits per heavy atom. The van der Waals surface area contributed by atoms with Crippen LogP contribution in [0.15, 0.2) is 84.9 Å². The van der Waals surface area contributed by atoms with Crippen LogP contribution in [0.3, 0.4) is 0 Å². The van der Waals surface area contributed by atoms with Gasteiger partial charge in [0.15, 0.2) is 0 Å². The van der Waals surface area contributed by atoms with Crippen LogP contribution in [-0.2, 0) is 22.4 Å². The first-order chi connectivity index (χ1) is 20.1. The predicted octanol–water partition coefficient (Wildman–Crippen LogP) is 9.01. The summed E-state index contributed by atoms with van der Waals surface area (Å²) in [6.07, 6.45) is 4.61. The Labute approximate surface area is 243 Å². The fourth-order valence-electron chi connectivity index (χ4n) is 7.90. The summed E-state index contributed by atoms with van der Waals surface area (Å²) in [5, 5.41) is 2.70. The number of hydrogen-bond donors (Lipinski definition) is 0. The van der Waals surface area contributed by atoms with Crippen molar-refractivity contribution in [3.8, 4) is 22.3 Å². The van der Waals surface area contributed by atoms with E-state index >= 15 is 0 Å². The van der Waals surface area contributed by atoms with Crippen molar-refractivity contribution in [1.82, 2.24) is 4.57 Å². The first-order valence-electron chi connectivity index (χ1n) is 15.5. The summed E-state index contributed by atoms with van der Waals surface area (Å²) in [5.74, 6) is 0.486. The van der Waals surface area contributed by atoms with Gasteiger partial charge in [-0.25, -0.2) is 0 Å². The number of nitrogens with zero attached hydrogens (tertiary/aromatic N) is 1. The second-order valence-corrected chi connectivity index (χ2v) is 13.1. The fourth-order valence-corrected chi connectivity index (χ4v) is 7.90. The fraction of sp³-hybridized carbons (Fsp3) is 0.368. The van der Waals surface area contributed by atoms with Crippen LogP contribution in [0.2, 0.25) is 0 Å².